The predicted molar refractivity (Wildman–Crippen MR) is 83.9 cm³/mol. The Labute approximate surface area is 128 Å². The summed E-state index contributed by atoms with van der Waals surface area (Å²) in [7, 11) is 1.94. The van der Waals surface area contributed by atoms with Gasteiger partial charge in [-0.2, -0.15) is 0 Å². The van der Waals surface area contributed by atoms with Gasteiger partial charge in [0.2, 0.25) is 0 Å². The summed E-state index contributed by atoms with van der Waals surface area (Å²) >= 11 is 1.49. The van der Waals surface area contributed by atoms with Gasteiger partial charge in [-0.05, 0) is 32.9 Å². The normalized spacial score (nSPS) is 10.5. The van der Waals surface area contributed by atoms with E-state index >= 15 is 0 Å². The second-order valence-electron chi connectivity index (χ2n) is 4.75. The molecule has 21 heavy (non-hydrogen) atoms. The molecule has 0 amide bonds. The van der Waals surface area contributed by atoms with Gasteiger partial charge in [0.25, 0.3) is 0 Å². The minimum absolute atomic E-state index is 0.355. The lowest BCUT2D eigenvalue weighted by molar-refractivity contribution is 0.0519. The van der Waals surface area contributed by atoms with Gasteiger partial charge in [0, 0.05) is 17.6 Å². The van der Waals surface area contributed by atoms with Crippen LogP contribution in [0.3, 0.4) is 0 Å². The molecule has 0 aliphatic rings. The molecule has 0 atom stereocenters. The topological polar surface area (TPSA) is 55.3 Å². The molecule has 2 aromatic rings. The van der Waals surface area contributed by atoms with E-state index in [1.807, 2.05) is 44.0 Å². The molecular formula is C15H19N3O2S. The number of nitrogens with zero attached hydrogens (tertiary/aromatic N) is 3. The fraction of sp³-hybridized carbons (Fsp3) is 0.400. The van der Waals surface area contributed by atoms with Crippen LogP contribution >= 0.6 is 11.3 Å². The molecule has 0 fully saturated rings. The van der Waals surface area contributed by atoms with Crippen molar-refractivity contribution < 1.29 is 9.53 Å². The predicted octanol–water partition coefficient (Wildman–Crippen LogP) is 2.97. The van der Waals surface area contributed by atoms with Crippen LogP contribution in [-0.2, 0) is 11.3 Å². The molecule has 0 N–H and O–H groups in total. The Bertz CT molecular complexity index is 640. The third kappa shape index (κ3) is 3.78. The van der Waals surface area contributed by atoms with Crippen molar-refractivity contribution in [2.24, 2.45) is 0 Å². The molecule has 5 nitrogen and oxygen atoms in total. The maximum atomic E-state index is 11.8. The summed E-state index contributed by atoms with van der Waals surface area (Å²) in [6.07, 6.45) is 0. The number of carbonyl (C=O) groups excluding carboxylic acids is 1. The second kappa shape index (κ2) is 6.67. The van der Waals surface area contributed by atoms with E-state index in [9.17, 15) is 4.79 Å². The average molecular weight is 305 g/mol. The molecule has 112 valence electrons. The first-order valence-corrected chi connectivity index (χ1v) is 7.61. The van der Waals surface area contributed by atoms with Crippen LogP contribution in [0.5, 0.6) is 0 Å². The molecule has 6 heteroatoms. The summed E-state index contributed by atoms with van der Waals surface area (Å²) in [5, 5.41) is 0.791. The van der Waals surface area contributed by atoms with Gasteiger partial charge < -0.3 is 9.64 Å². The monoisotopic (exact) mass is 305 g/mol. The van der Waals surface area contributed by atoms with Gasteiger partial charge in [0.1, 0.15) is 0 Å². The lowest BCUT2D eigenvalue weighted by atomic mass is 10.3. The highest BCUT2D eigenvalue weighted by Gasteiger charge is 2.18. The SMILES string of the molecule is CCOC(=O)c1nc(N(C)Cc2cccc(C)n2)sc1C. The van der Waals surface area contributed by atoms with Gasteiger partial charge in [-0.15, -0.1) is 11.3 Å². The van der Waals surface area contributed by atoms with E-state index < -0.39 is 0 Å². The van der Waals surface area contributed by atoms with Gasteiger partial charge in [-0.1, -0.05) is 6.07 Å². The molecule has 0 saturated heterocycles. The van der Waals surface area contributed by atoms with E-state index in [0.717, 1.165) is 21.4 Å². The molecule has 0 saturated carbocycles. The first-order valence-electron chi connectivity index (χ1n) is 6.79. The molecule has 0 unspecified atom stereocenters. The molecular weight excluding hydrogens is 286 g/mol. The number of pyridine rings is 1. The van der Waals surface area contributed by atoms with Crippen molar-refractivity contribution in [3.8, 4) is 0 Å². The Morgan fingerprint density at radius 2 is 2.10 bits per heavy atom. The van der Waals surface area contributed by atoms with Crippen molar-refractivity contribution >= 4 is 22.4 Å². The lowest BCUT2D eigenvalue weighted by Gasteiger charge is -2.15. The summed E-state index contributed by atoms with van der Waals surface area (Å²) in [5.41, 5.74) is 2.37. The Morgan fingerprint density at radius 3 is 2.76 bits per heavy atom. The number of hydrogen-bond donors (Lipinski definition) is 0. The highest BCUT2D eigenvalue weighted by molar-refractivity contribution is 7.15. The van der Waals surface area contributed by atoms with Gasteiger partial charge in [-0.25, -0.2) is 9.78 Å². The Balaban J connectivity index is 2.14. The molecule has 0 aliphatic carbocycles. The molecule has 0 spiro atoms. The third-order valence-corrected chi connectivity index (χ3v) is 4.01. The van der Waals surface area contributed by atoms with Crippen molar-refractivity contribution in [1.82, 2.24) is 9.97 Å². The summed E-state index contributed by atoms with van der Waals surface area (Å²) in [5.74, 6) is -0.361. The Hall–Kier alpha value is -1.95. The molecule has 0 bridgehead atoms. The van der Waals surface area contributed by atoms with Gasteiger partial charge in [-0.3, -0.25) is 4.98 Å². The van der Waals surface area contributed by atoms with Crippen LogP contribution in [0.1, 0.15) is 33.7 Å². The van der Waals surface area contributed by atoms with E-state index in [1.165, 1.54) is 11.3 Å². The molecule has 0 aliphatic heterocycles. The maximum absolute atomic E-state index is 11.8. The smallest absolute Gasteiger partial charge is 0.358 e. The summed E-state index contributed by atoms with van der Waals surface area (Å²) in [6.45, 7) is 6.64. The molecule has 2 aromatic heterocycles. The lowest BCUT2D eigenvalue weighted by Crippen LogP contribution is -2.17. The molecule has 0 radical (unpaired) electrons. The third-order valence-electron chi connectivity index (χ3n) is 2.93. The van der Waals surface area contributed by atoms with Crippen LogP contribution in [0.2, 0.25) is 0 Å². The fourth-order valence-electron chi connectivity index (χ4n) is 1.93. The minimum atomic E-state index is -0.361. The van der Waals surface area contributed by atoms with Crippen LogP contribution in [0, 0.1) is 13.8 Å². The highest BCUT2D eigenvalue weighted by Crippen LogP contribution is 2.26. The number of ether oxygens (including phenoxy) is 1. The molecule has 2 rings (SSSR count). The van der Waals surface area contributed by atoms with Crippen LogP contribution in [0.4, 0.5) is 5.13 Å². The average Bonchev–Trinajstić information content (AvgIpc) is 2.81. The maximum Gasteiger partial charge on any atom is 0.358 e. The highest BCUT2D eigenvalue weighted by atomic mass is 32.1. The zero-order valence-electron chi connectivity index (χ0n) is 12.7. The summed E-state index contributed by atoms with van der Waals surface area (Å²) < 4.78 is 5.01. The standard InChI is InChI=1S/C15H19N3O2S/c1-5-20-14(19)13-11(3)21-15(17-13)18(4)9-12-8-6-7-10(2)16-12/h6-8H,5,9H2,1-4H3. The van der Waals surface area contributed by atoms with E-state index in [0.29, 0.717) is 18.8 Å². The number of rotatable bonds is 5. The largest absolute Gasteiger partial charge is 0.461 e. The van der Waals surface area contributed by atoms with E-state index in [-0.39, 0.29) is 5.97 Å². The van der Waals surface area contributed by atoms with Gasteiger partial charge >= 0.3 is 5.97 Å². The van der Waals surface area contributed by atoms with Crippen LogP contribution in [0.25, 0.3) is 0 Å². The van der Waals surface area contributed by atoms with Crippen molar-refractivity contribution in [2.75, 3.05) is 18.6 Å². The van der Waals surface area contributed by atoms with Gasteiger partial charge in [0.15, 0.2) is 10.8 Å². The number of anilines is 1. The number of esters is 1. The first-order chi connectivity index (χ1) is 10.0. The second-order valence-corrected chi connectivity index (χ2v) is 5.93. The van der Waals surface area contributed by atoms with Crippen LogP contribution < -0.4 is 4.90 Å². The van der Waals surface area contributed by atoms with E-state index in [4.69, 9.17) is 4.74 Å². The molecule has 2 heterocycles. The van der Waals surface area contributed by atoms with Crippen LogP contribution in [0.15, 0.2) is 18.2 Å². The zero-order chi connectivity index (χ0) is 15.4. The number of carbonyl (C=O) groups is 1. The number of aromatic nitrogens is 2. The first kappa shape index (κ1) is 15.4. The zero-order valence-corrected chi connectivity index (χ0v) is 13.5. The van der Waals surface area contributed by atoms with Gasteiger partial charge in [0.05, 0.1) is 18.8 Å². The summed E-state index contributed by atoms with van der Waals surface area (Å²) in [4.78, 5) is 23.5. The minimum Gasteiger partial charge on any atom is -0.461 e. The quantitative estimate of drug-likeness (QED) is 0.795. The van der Waals surface area contributed by atoms with Crippen molar-refractivity contribution in [3.05, 3.63) is 40.2 Å². The van der Waals surface area contributed by atoms with Crippen LogP contribution in [-0.4, -0.2) is 29.6 Å². The number of hydrogen-bond acceptors (Lipinski definition) is 6. The summed E-state index contributed by atoms with van der Waals surface area (Å²) in [6, 6.07) is 5.94. The number of thiazole rings is 1. The molecule has 0 aromatic carbocycles. The fourth-order valence-corrected chi connectivity index (χ4v) is 2.79. The number of aryl methyl sites for hydroxylation is 2. The van der Waals surface area contributed by atoms with Crippen molar-refractivity contribution in [3.63, 3.8) is 0 Å². The van der Waals surface area contributed by atoms with E-state index in [2.05, 4.69) is 9.97 Å². The van der Waals surface area contributed by atoms with E-state index in [1.54, 1.807) is 6.92 Å². The van der Waals surface area contributed by atoms with Crippen molar-refractivity contribution in [2.45, 2.75) is 27.3 Å². The van der Waals surface area contributed by atoms with Crippen molar-refractivity contribution in [1.29, 1.82) is 0 Å². The Kier molecular flexibility index (Phi) is 4.90. The Morgan fingerprint density at radius 1 is 1.33 bits per heavy atom.